The lowest BCUT2D eigenvalue weighted by atomic mass is 9.83. The molecule has 11 nitrogen and oxygen atoms in total. The van der Waals surface area contributed by atoms with Gasteiger partial charge < -0.3 is 19.2 Å². The summed E-state index contributed by atoms with van der Waals surface area (Å²) in [5, 5.41) is 3.56. The molecule has 0 atom stereocenters. The molecule has 1 saturated heterocycles. The molecule has 0 bridgehead atoms. The zero-order chi connectivity index (χ0) is 37.2. The molecule has 1 aromatic carbocycles. The number of pyridine rings is 2. The van der Waals surface area contributed by atoms with Gasteiger partial charge in [-0.3, -0.25) is 14.1 Å². The second-order valence-corrected chi connectivity index (χ2v) is 21.4. The first-order valence-corrected chi connectivity index (χ1v) is 21.0. The second kappa shape index (κ2) is 13.0. The Morgan fingerprint density at radius 3 is 2.52 bits per heavy atom. The maximum atomic E-state index is 14.1. The third-order valence-electron chi connectivity index (χ3n) is 11.1. The lowest BCUT2D eigenvalue weighted by Gasteiger charge is -2.43. The molecule has 6 heterocycles. The van der Waals surface area contributed by atoms with E-state index in [9.17, 15) is 14.0 Å². The number of rotatable bonds is 7. The molecular weight excluding hydrogens is 680 g/mol. The first kappa shape index (κ1) is 36.2. The molecule has 0 unspecified atom stereocenters. The van der Waals surface area contributed by atoms with Crippen LogP contribution in [-0.4, -0.2) is 76.5 Å². The normalized spacial score (nSPS) is 17.6. The van der Waals surface area contributed by atoms with Gasteiger partial charge >= 0.3 is 6.09 Å². The molecule has 52 heavy (non-hydrogen) atoms. The number of hydrogen-bond acceptors (Lipinski definition) is 9. The summed E-state index contributed by atoms with van der Waals surface area (Å²) in [4.78, 5) is 40.6. The fourth-order valence-electron chi connectivity index (χ4n) is 7.36. The Kier molecular flexibility index (Phi) is 9.08. The van der Waals surface area contributed by atoms with Crippen molar-refractivity contribution < 1.29 is 27.9 Å². The smallest absolute Gasteiger partial charge is 0.417 e. The van der Waals surface area contributed by atoms with Crippen molar-refractivity contribution in [3.8, 4) is 11.3 Å². The van der Waals surface area contributed by atoms with Gasteiger partial charge in [0, 0.05) is 50.7 Å². The van der Waals surface area contributed by atoms with Crippen LogP contribution in [0.15, 0.2) is 48.8 Å². The Morgan fingerprint density at radius 1 is 1.06 bits per heavy atom. The molecule has 1 N–H and O–H groups in total. The highest BCUT2D eigenvalue weighted by Crippen LogP contribution is 2.46. The second-order valence-electron chi connectivity index (χ2n) is 16.6. The van der Waals surface area contributed by atoms with E-state index in [0.29, 0.717) is 65.9 Å². The third kappa shape index (κ3) is 6.52. The van der Waals surface area contributed by atoms with Crippen LogP contribution in [0.4, 0.5) is 20.7 Å². The van der Waals surface area contributed by atoms with E-state index in [0.717, 1.165) is 30.0 Å². The Bertz CT molecular complexity index is 2050. The first-order valence-electron chi connectivity index (χ1n) is 18.1. The number of imide groups is 1. The van der Waals surface area contributed by atoms with Gasteiger partial charge in [-0.15, -0.1) is 0 Å². The lowest BCUT2D eigenvalue weighted by molar-refractivity contribution is -0.0295. The summed E-state index contributed by atoms with van der Waals surface area (Å²) < 4.78 is 33.8. The number of amides is 2. The standard InChI is InChI=1S/C39H49FN6O5Si/c1-37(2,3)51-36(48)46-23-27-26(31-22-41-33-21-25(40)13-16-45(31)33)9-11-29(34(27)35(46)47)42-32-12-10-28-30(43-32)24-44(39(28)14-18-49-19-15-39)17-20-50-52(7,8)38(4,5)6/h9-13,16,21-22H,14-15,17-20,23-24H2,1-8H3,(H,42,43). The molecule has 7 rings (SSSR count). The van der Waals surface area contributed by atoms with Crippen molar-refractivity contribution in [3.63, 3.8) is 0 Å². The van der Waals surface area contributed by atoms with Crippen LogP contribution in [0.25, 0.3) is 16.9 Å². The van der Waals surface area contributed by atoms with Gasteiger partial charge in [0.25, 0.3) is 5.91 Å². The molecule has 276 valence electrons. The van der Waals surface area contributed by atoms with Crippen molar-refractivity contribution in [1.29, 1.82) is 0 Å². The van der Waals surface area contributed by atoms with Crippen molar-refractivity contribution in [2.75, 3.05) is 31.7 Å². The van der Waals surface area contributed by atoms with Gasteiger partial charge in [0.15, 0.2) is 8.32 Å². The van der Waals surface area contributed by atoms with Gasteiger partial charge in [0.05, 0.1) is 40.9 Å². The van der Waals surface area contributed by atoms with Crippen LogP contribution in [0.3, 0.4) is 0 Å². The number of nitrogens with one attached hydrogen (secondary N) is 1. The third-order valence-corrected chi connectivity index (χ3v) is 15.6. The summed E-state index contributed by atoms with van der Waals surface area (Å²) in [7, 11) is -1.90. The number of carbonyl (C=O) groups excluding carboxylic acids is 2. The molecule has 13 heteroatoms. The van der Waals surface area contributed by atoms with Gasteiger partial charge in [-0.25, -0.2) is 24.1 Å². The maximum Gasteiger partial charge on any atom is 0.417 e. The fraction of sp³-hybridized carbons (Fsp3) is 0.487. The van der Waals surface area contributed by atoms with Gasteiger partial charge in [0.1, 0.15) is 22.9 Å². The highest BCUT2D eigenvalue weighted by atomic mass is 28.4. The number of imidazole rings is 1. The van der Waals surface area contributed by atoms with E-state index in [1.807, 2.05) is 18.2 Å². The number of fused-ring (bicyclic) bond motifs is 4. The van der Waals surface area contributed by atoms with E-state index in [1.165, 1.54) is 17.7 Å². The van der Waals surface area contributed by atoms with Gasteiger partial charge in [-0.2, -0.15) is 0 Å². The summed E-state index contributed by atoms with van der Waals surface area (Å²) in [5.41, 5.74) is 4.59. The average molecular weight is 729 g/mol. The SMILES string of the molecule is CC(C)(C)OC(=O)N1Cc2c(-c3cnc4cc(F)ccn34)ccc(Nc3ccc4c(n3)CN(CCO[Si](C)(C)C(C)(C)C)C43CCOCC3)c2C1=O. The Labute approximate surface area is 305 Å². The molecule has 4 aromatic rings. The molecule has 3 aliphatic rings. The van der Waals surface area contributed by atoms with Gasteiger partial charge in [0.2, 0.25) is 0 Å². The molecule has 0 aliphatic carbocycles. The highest BCUT2D eigenvalue weighted by Gasteiger charge is 2.47. The average Bonchev–Trinajstić information content (AvgIpc) is 3.72. The zero-order valence-electron chi connectivity index (χ0n) is 31.4. The van der Waals surface area contributed by atoms with E-state index in [1.54, 1.807) is 37.6 Å². The van der Waals surface area contributed by atoms with Crippen LogP contribution in [0.5, 0.6) is 0 Å². The van der Waals surface area contributed by atoms with E-state index in [-0.39, 0.29) is 17.1 Å². The number of anilines is 2. The quantitative estimate of drug-likeness (QED) is 0.189. The Morgan fingerprint density at radius 2 is 1.81 bits per heavy atom. The topological polar surface area (TPSA) is 111 Å². The largest absolute Gasteiger partial charge is 0.443 e. The molecule has 3 aromatic heterocycles. The molecule has 3 aliphatic heterocycles. The highest BCUT2D eigenvalue weighted by molar-refractivity contribution is 6.74. The molecule has 0 saturated carbocycles. The number of benzene rings is 1. The molecule has 0 radical (unpaired) electrons. The van der Waals surface area contributed by atoms with Crippen molar-refractivity contribution in [2.24, 2.45) is 0 Å². The van der Waals surface area contributed by atoms with E-state index in [4.69, 9.17) is 18.9 Å². The number of hydrogen-bond donors (Lipinski definition) is 1. The van der Waals surface area contributed by atoms with Gasteiger partial charge in [-0.1, -0.05) is 32.9 Å². The first-order chi connectivity index (χ1) is 24.5. The summed E-state index contributed by atoms with van der Waals surface area (Å²) in [5.74, 6) is -0.263. The van der Waals surface area contributed by atoms with E-state index >= 15 is 0 Å². The number of aromatic nitrogens is 3. The minimum absolute atomic E-state index is 0.0104. The molecule has 2 amide bonds. The molecule has 1 spiro atoms. The van der Waals surface area contributed by atoms with Gasteiger partial charge in [-0.05, 0) is 81.1 Å². The summed E-state index contributed by atoms with van der Waals surface area (Å²) in [6.45, 7) is 20.2. The number of carbonyl (C=O) groups is 2. The lowest BCUT2D eigenvalue weighted by Crippen LogP contribution is -2.48. The predicted octanol–water partition coefficient (Wildman–Crippen LogP) is 8.01. The van der Waals surface area contributed by atoms with Crippen molar-refractivity contribution in [3.05, 3.63) is 77.0 Å². The molecule has 1 fully saturated rings. The van der Waals surface area contributed by atoms with Crippen LogP contribution >= 0.6 is 0 Å². The Hall–Kier alpha value is -4.17. The van der Waals surface area contributed by atoms with Crippen molar-refractivity contribution >= 4 is 37.5 Å². The summed E-state index contributed by atoms with van der Waals surface area (Å²) in [6, 6.07) is 10.6. The van der Waals surface area contributed by atoms with E-state index in [2.05, 4.69) is 55.1 Å². The fourth-order valence-corrected chi connectivity index (χ4v) is 8.39. The monoisotopic (exact) mass is 728 g/mol. The zero-order valence-corrected chi connectivity index (χ0v) is 32.4. The van der Waals surface area contributed by atoms with Crippen molar-refractivity contribution in [1.82, 2.24) is 24.2 Å². The Balaban J connectivity index is 1.21. The minimum atomic E-state index is -1.90. The van der Waals surface area contributed by atoms with Crippen molar-refractivity contribution in [2.45, 2.75) is 96.7 Å². The minimum Gasteiger partial charge on any atom is -0.443 e. The summed E-state index contributed by atoms with van der Waals surface area (Å²) in [6.07, 6.45) is 4.30. The van der Waals surface area contributed by atoms with Crippen LogP contribution in [0.2, 0.25) is 18.1 Å². The predicted molar refractivity (Wildman–Crippen MR) is 200 cm³/mol. The van der Waals surface area contributed by atoms with E-state index < -0.39 is 31.7 Å². The number of halogens is 1. The van der Waals surface area contributed by atoms with Crippen LogP contribution in [0.1, 0.15) is 81.6 Å². The summed E-state index contributed by atoms with van der Waals surface area (Å²) >= 11 is 0. The molecular formula is C39H49FN6O5Si. The van der Waals surface area contributed by atoms with Crippen LogP contribution in [0, 0.1) is 5.82 Å². The number of nitrogens with zero attached hydrogens (tertiary/aromatic N) is 5. The maximum absolute atomic E-state index is 14.1. The van der Waals surface area contributed by atoms with Crippen LogP contribution < -0.4 is 5.32 Å². The van der Waals surface area contributed by atoms with Crippen LogP contribution in [-0.2, 0) is 32.5 Å². The number of ether oxygens (including phenoxy) is 2.